The van der Waals surface area contributed by atoms with Crippen LogP contribution in [0, 0.1) is 10.8 Å². The number of hydrogen-bond acceptors (Lipinski definition) is 0. The van der Waals surface area contributed by atoms with Crippen molar-refractivity contribution in [1.82, 2.24) is 0 Å². The van der Waals surface area contributed by atoms with Crippen LogP contribution in [0.3, 0.4) is 0 Å². The van der Waals surface area contributed by atoms with Crippen LogP contribution in [0.15, 0.2) is 46.6 Å². The number of allylic oxidation sites excluding steroid dienone is 8. The summed E-state index contributed by atoms with van der Waals surface area (Å²) in [6, 6.07) is 0. The lowest BCUT2D eigenvalue weighted by molar-refractivity contribution is 0.490. The minimum absolute atomic E-state index is 0.303. The molecule has 2 aliphatic rings. The molecular weight excluding hydrogens is 216 g/mol. The first-order valence-electron chi connectivity index (χ1n) is 6.99. The van der Waals surface area contributed by atoms with Gasteiger partial charge < -0.3 is 0 Å². The molecule has 0 radical (unpaired) electrons. The molecule has 0 amide bonds. The lowest BCUT2D eigenvalue weighted by Gasteiger charge is -2.23. The summed E-state index contributed by atoms with van der Waals surface area (Å²) >= 11 is 0. The summed E-state index contributed by atoms with van der Waals surface area (Å²) in [5, 5.41) is 0. The Hall–Kier alpha value is -1.04. The SMILES string of the molecule is CC(C)(C)C1=CC=C(C2=CC=C(C(C)(C)C)C2)C1. The van der Waals surface area contributed by atoms with Crippen LogP contribution in [0.4, 0.5) is 0 Å². The Bertz CT molecular complexity index is 419. The van der Waals surface area contributed by atoms with Crippen molar-refractivity contribution >= 4 is 0 Å². The Morgan fingerprint density at radius 1 is 0.611 bits per heavy atom. The molecule has 0 aromatic rings. The third-order valence-electron chi connectivity index (χ3n) is 4.07. The molecule has 0 saturated carbocycles. The molecule has 0 N–H and O–H groups in total. The van der Waals surface area contributed by atoms with Crippen LogP contribution < -0.4 is 0 Å². The molecule has 0 bridgehead atoms. The monoisotopic (exact) mass is 242 g/mol. The summed E-state index contributed by atoms with van der Waals surface area (Å²) in [5.74, 6) is 0. The first kappa shape index (κ1) is 13.4. The van der Waals surface area contributed by atoms with E-state index in [4.69, 9.17) is 0 Å². The second-order valence-corrected chi connectivity index (χ2v) is 7.62. The van der Waals surface area contributed by atoms with E-state index in [0.717, 1.165) is 12.8 Å². The van der Waals surface area contributed by atoms with Crippen molar-refractivity contribution in [2.24, 2.45) is 10.8 Å². The molecule has 0 aromatic heterocycles. The van der Waals surface area contributed by atoms with Gasteiger partial charge in [-0.2, -0.15) is 0 Å². The van der Waals surface area contributed by atoms with Crippen LogP contribution in [0.1, 0.15) is 54.4 Å². The van der Waals surface area contributed by atoms with Crippen molar-refractivity contribution in [2.45, 2.75) is 54.4 Å². The second kappa shape index (κ2) is 4.26. The van der Waals surface area contributed by atoms with Gasteiger partial charge in [0.25, 0.3) is 0 Å². The average Bonchev–Trinajstić information content (AvgIpc) is 2.84. The Morgan fingerprint density at radius 2 is 0.944 bits per heavy atom. The van der Waals surface area contributed by atoms with Crippen molar-refractivity contribution in [3.05, 3.63) is 46.6 Å². The van der Waals surface area contributed by atoms with Gasteiger partial charge in [-0.05, 0) is 34.8 Å². The molecule has 0 aromatic carbocycles. The zero-order valence-corrected chi connectivity index (χ0v) is 12.7. The van der Waals surface area contributed by atoms with E-state index in [-0.39, 0.29) is 0 Å². The highest BCUT2D eigenvalue weighted by Crippen LogP contribution is 2.42. The van der Waals surface area contributed by atoms with Crippen LogP contribution in [0.25, 0.3) is 0 Å². The van der Waals surface area contributed by atoms with Crippen molar-refractivity contribution in [3.8, 4) is 0 Å². The molecular formula is C18H26. The van der Waals surface area contributed by atoms with Gasteiger partial charge in [0.2, 0.25) is 0 Å². The first-order chi connectivity index (χ1) is 8.18. The molecule has 2 rings (SSSR count). The summed E-state index contributed by atoms with van der Waals surface area (Å²) in [6.07, 6.45) is 11.6. The maximum Gasteiger partial charge on any atom is -0.00559 e. The Balaban J connectivity index is 2.01. The maximum atomic E-state index is 2.33. The smallest absolute Gasteiger partial charge is 0.00559 e. The van der Waals surface area contributed by atoms with E-state index in [1.54, 1.807) is 11.1 Å². The summed E-state index contributed by atoms with van der Waals surface area (Å²) in [6.45, 7) is 13.8. The molecule has 0 nitrogen and oxygen atoms in total. The highest BCUT2D eigenvalue weighted by molar-refractivity contribution is 5.50. The molecule has 0 heteroatoms. The van der Waals surface area contributed by atoms with Crippen LogP contribution >= 0.6 is 0 Å². The molecule has 0 atom stereocenters. The Labute approximate surface area is 112 Å². The third-order valence-corrected chi connectivity index (χ3v) is 4.07. The largest absolute Gasteiger partial charge is 0.0619 e. The van der Waals surface area contributed by atoms with Crippen molar-refractivity contribution in [1.29, 1.82) is 0 Å². The highest BCUT2D eigenvalue weighted by Gasteiger charge is 2.26. The molecule has 0 heterocycles. The van der Waals surface area contributed by atoms with Gasteiger partial charge in [-0.25, -0.2) is 0 Å². The van der Waals surface area contributed by atoms with Gasteiger partial charge >= 0.3 is 0 Å². The summed E-state index contributed by atoms with van der Waals surface area (Å²) in [7, 11) is 0. The predicted molar refractivity (Wildman–Crippen MR) is 80.5 cm³/mol. The van der Waals surface area contributed by atoms with Crippen LogP contribution in [0.2, 0.25) is 0 Å². The van der Waals surface area contributed by atoms with E-state index in [0.29, 0.717) is 10.8 Å². The van der Waals surface area contributed by atoms with Gasteiger partial charge in [-0.15, -0.1) is 0 Å². The van der Waals surface area contributed by atoms with Gasteiger partial charge in [0.05, 0.1) is 0 Å². The molecule has 0 fully saturated rings. The molecule has 98 valence electrons. The van der Waals surface area contributed by atoms with Crippen molar-refractivity contribution in [3.63, 3.8) is 0 Å². The predicted octanol–water partition coefficient (Wildman–Crippen LogP) is 5.59. The van der Waals surface area contributed by atoms with Crippen LogP contribution in [-0.4, -0.2) is 0 Å². The average molecular weight is 242 g/mol. The minimum atomic E-state index is 0.303. The second-order valence-electron chi connectivity index (χ2n) is 7.62. The lowest BCUT2D eigenvalue weighted by Crippen LogP contribution is -2.09. The van der Waals surface area contributed by atoms with E-state index in [1.807, 2.05) is 0 Å². The molecule has 2 aliphatic carbocycles. The Kier molecular flexibility index (Phi) is 3.17. The summed E-state index contributed by atoms with van der Waals surface area (Å²) in [4.78, 5) is 0. The van der Waals surface area contributed by atoms with E-state index >= 15 is 0 Å². The fraction of sp³-hybridized carbons (Fsp3) is 0.556. The number of rotatable bonds is 1. The van der Waals surface area contributed by atoms with E-state index in [1.165, 1.54) is 11.1 Å². The van der Waals surface area contributed by atoms with Gasteiger partial charge in [0, 0.05) is 0 Å². The normalized spacial score (nSPS) is 20.6. The highest BCUT2D eigenvalue weighted by atomic mass is 14.3. The maximum absolute atomic E-state index is 2.33. The summed E-state index contributed by atoms with van der Waals surface area (Å²) < 4.78 is 0. The minimum Gasteiger partial charge on any atom is -0.0619 e. The third kappa shape index (κ3) is 2.68. The number of hydrogen-bond donors (Lipinski definition) is 0. The van der Waals surface area contributed by atoms with Crippen LogP contribution in [-0.2, 0) is 0 Å². The standard InChI is InChI=1S/C18H26/c1-17(2,3)15-9-7-13(11-15)14-8-10-16(12-14)18(4,5)6/h7-10H,11-12H2,1-6H3. The van der Waals surface area contributed by atoms with E-state index in [9.17, 15) is 0 Å². The molecule has 0 aliphatic heterocycles. The fourth-order valence-electron chi connectivity index (χ4n) is 2.52. The zero-order chi connectivity index (χ0) is 13.6. The lowest BCUT2D eigenvalue weighted by atomic mass is 9.82. The Morgan fingerprint density at radius 3 is 1.17 bits per heavy atom. The van der Waals surface area contributed by atoms with Gasteiger partial charge in [0.15, 0.2) is 0 Å². The van der Waals surface area contributed by atoms with E-state index < -0.39 is 0 Å². The molecule has 0 spiro atoms. The zero-order valence-electron chi connectivity index (χ0n) is 12.7. The van der Waals surface area contributed by atoms with Crippen LogP contribution in [0.5, 0.6) is 0 Å². The van der Waals surface area contributed by atoms with E-state index in [2.05, 4.69) is 65.8 Å². The van der Waals surface area contributed by atoms with Gasteiger partial charge in [0.1, 0.15) is 0 Å². The summed E-state index contributed by atoms with van der Waals surface area (Å²) in [5.41, 5.74) is 6.77. The fourth-order valence-corrected chi connectivity index (χ4v) is 2.52. The quantitative estimate of drug-likeness (QED) is 0.562. The van der Waals surface area contributed by atoms with Crippen molar-refractivity contribution in [2.75, 3.05) is 0 Å². The van der Waals surface area contributed by atoms with Crippen molar-refractivity contribution < 1.29 is 0 Å². The van der Waals surface area contributed by atoms with Gasteiger partial charge in [-0.3, -0.25) is 0 Å². The topological polar surface area (TPSA) is 0 Å². The molecule has 0 saturated heterocycles. The first-order valence-corrected chi connectivity index (χ1v) is 6.99. The molecule has 0 unspecified atom stereocenters. The van der Waals surface area contributed by atoms with Gasteiger partial charge in [-0.1, -0.05) is 77.0 Å². The molecule has 18 heavy (non-hydrogen) atoms.